The van der Waals surface area contributed by atoms with Gasteiger partial charge in [-0.1, -0.05) is 128 Å². The predicted molar refractivity (Wildman–Crippen MR) is 162 cm³/mol. The molecule has 1 saturated carbocycles. The molecule has 2 aliphatic carbocycles. The summed E-state index contributed by atoms with van der Waals surface area (Å²) >= 11 is 0. The van der Waals surface area contributed by atoms with Gasteiger partial charge < -0.3 is 0 Å². The largest absolute Gasteiger partial charge is 0.0991 e. The first-order valence-corrected chi connectivity index (χ1v) is 13.8. The van der Waals surface area contributed by atoms with Gasteiger partial charge in [-0.15, -0.1) is 0 Å². The van der Waals surface area contributed by atoms with Gasteiger partial charge in [0.1, 0.15) is 0 Å². The van der Waals surface area contributed by atoms with Crippen LogP contribution in [0, 0.1) is 17.3 Å². The number of benzene rings is 4. The van der Waals surface area contributed by atoms with Crippen LogP contribution in [-0.4, -0.2) is 0 Å². The van der Waals surface area contributed by atoms with E-state index in [0.29, 0.717) is 11.8 Å². The van der Waals surface area contributed by atoms with Gasteiger partial charge in [0.25, 0.3) is 0 Å². The molecule has 1 fully saturated rings. The van der Waals surface area contributed by atoms with Crippen LogP contribution in [0.1, 0.15) is 38.7 Å². The number of hydrogen-bond donors (Lipinski definition) is 0. The van der Waals surface area contributed by atoms with Crippen LogP contribution >= 0.6 is 0 Å². The maximum atomic E-state index is 3.98. The SMILES string of the molecule is C=C/C=C\C1(C2C=C(/C=C\CC)C=C(C)C2)CC1Cc1ccc2c3ccccc3c3ccccc3c2c1. The smallest absolute Gasteiger partial charge is 0.00142 e. The molecule has 3 unspecified atom stereocenters. The molecule has 0 aromatic heterocycles. The van der Waals surface area contributed by atoms with Crippen molar-refractivity contribution in [3.63, 3.8) is 0 Å². The van der Waals surface area contributed by atoms with E-state index in [1.165, 1.54) is 55.4 Å². The molecule has 6 rings (SSSR count). The topological polar surface area (TPSA) is 0 Å². The van der Waals surface area contributed by atoms with Gasteiger partial charge in [-0.3, -0.25) is 0 Å². The summed E-state index contributed by atoms with van der Waals surface area (Å²) in [5, 5.41) is 8.13. The van der Waals surface area contributed by atoms with Gasteiger partial charge in [0.15, 0.2) is 0 Å². The highest BCUT2D eigenvalue weighted by Crippen LogP contribution is 2.63. The van der Waals surface area contributed by atoms with Gasteiger partial charge in [-0.2, -0.15) is 0 Å². The molecular formula is C37H36. The van der Waals surface area contributed by atoms with Crippen LogP contribution in [0.2, 0.25) is 0 Å². The Kier molecular flexibility index (Phi) is 6.21. The predicted octanol–water partition coefficient (Wildman–Crippen LogP) is 10.3. The van der Waals surface area contributed by atoms with Crippen molar-refractivity contribution in [1.29, 1.82) is 0 Å². The number of rotatable bonds is 7. The normalized spacial score (nSPS) is 23.7. The molecule has 0 bridgehead atoms. The molecular weight excluding hydrogens is 444 g/mol. The average Bonchev–Trinajstić information content (AvgIpc) is 3.63. The van der Waals surface area contributed by atoms with Gasteiger partial charge in [0, 0.05) is 0 Å². The van der Waals surface area contributed by atoms with Gasteiger partial charge in [-0.25, -0.2) is 0 Å². The second-order valence-corrected chi connectivity index (χ2v) is 11.1. The van der Waals surface area contributed by atoms with Crippen molar-refractivity contribution in [2.24, 2.45) is 17.3 Å². The summed E-state index contributed by atoms with van der Waals surface area (Å²) in [6, 6.07) is 24.9. The Hall–Kier alpha value is -3.64. The fourth-order valence-electron chi connectivity index (χ4n) is 6.76. The average molecular weight is 481 g/mol. The Morgan fingerprint density at radius 2 is 1.54 bits per heavy atom. The Balaban J connectivity index is 1.37. The minimum Gasteiger partial charge on any atom is -0.0991 e. The van der Waals surface area contributed by atoms with E-state index in [1.54, 1.807) is 0 Å². The van der Waals surface area contributed by atoms with Crippen molar-refractivity contribution in [2.75, 3.05) is 0 Å². The fraction of sp³-hybridized carbons (Fsp3) is 0.243. The minimum atomic E-state index is 0.218. The Morgan fingerprint density at radius 1 is 0.892 bits per heavy atom. The van der Waals surface area contributed by atoms with Crippen molar-refractivity contribution in [3.8, 4) is 0 Å². The third kappa shape index (κ3) is 4.29. The van der Waals surface area contributed by atoms with Crippen molar-refractivity contribution < 1.29 is 0 Å². The first-order chi connectivity index (χ1) is 18.1. The Labute approximate surface area is 221 Å². The van der Waals surface area contributed by atoms with Crippen molar-refractivity contribution in [1.82, 2.24) is 0 Å². The summed E-state index contributed by atoms with van der Waals surface area (Å²) in [6.45, 7) is 8.47. The van der Waals surface area contributed by atoms with Crippen LogP contribution in [0.5, 0.6) is 0 Å². The zero-order chi connectivity index (χ0) is 25.4. The molecule has 37 heavy (non-hydrogen) atoms. The van der Waals surface area contributed by atoms with Crippen LogP contribution in [-0.2, 0) is 6.42 Å². The molecule has 0 amide bonds. The minimum absolute atomic E-state index is 0.218. The molecule has 184 valence electrons. The van der Waals surface area contributed by atoms with Crippen LogP contribution in [0.3, 0.4) is 0 Å². The van der Waals surface area contributed by atoms with Crippen LogP contribution in [0.25, 0.3) is 32.3 Å². The second-order valence-electron chi connectivity index (χ2n) is 11.1. The quantitative estimate of drug-likeness (QED) is 0.182. The molecule has 0 nitrogen and oxygen atoms in total. The highest BCUT2D eigenvalue weighted by molar-refractivity contribution is 6.25. The van der Waals surface area contributed by atoms with Crippen molar-refractivity contribution >= 4 is 32.3 Å². The number of hydrogen-bond acceptors (Lipinski definition) is 0. The standard InChI is InChI=1S/C37H36/c1-4-6-12-27-20-26(3)21-29(22-27)37(19-7-5-2)25-30(37)23-28-17-18-35-33-15-9-8-13-31(33)32-14-10-11-16-34(32)36(35)24-28/h5-20,22,24,29-30H,2,4,21,23,25H2,1,3H3/b12-6-,19-7-. The molecule has 0 heteroatoms. The summed E-state index contributed by atoms with van der Waals surface area (Å²) in [6.07, 6.45) is 20.7. The third-order valence-electron chi connectivity index (χ3n) is 8.62. The summed E-state index contributed by atoms with van der Waals surface area (Å²) in [5.41, 5.74) is 4.53. The maximum Gasteiger partial charge on any atom is -0.00142 e. The fourth-order valence-corrected chi connectivity index (χ4v) is 6.76. The second kappa shape index (κ2) is 9.67. The zero-order valence-electron chi connectivity index (χ0n) is 22.1. The van der Waals surface area contributed by atoms with E-state index in [1.807, 2.05) is 6.08 Å². The summed E-state index contributed by atoms with van der Waals surface area (Å²) < 4.78 is 0. The Morgan fingerprint density at radius 3 is 2.19 bits per heavy atom. The lowest BCUT2D eigenvalue weighted by molar-refractivity contribution is 0.406. The van der Waals surface area contributed by atoms with E-state index in [2.05, 4.69) is 124 Å². The molecule has 4 aromatic rings. The molecule has 0 heterocycles. The van der Waals surface area contributed by atoms with Gasteiger partial charge in [0.05, 0.1) is 0 Å². The lowest BCUT2D eigenvalue weighted by Crippen LogP contribution is -2.18. The molecule has 0 saturated heterocycles. The molecule has 0 radical (unpaired) electrons. The van der Waals surface area contributed by atoms with E-state index < -0.39 is 0 Å². The zero-order valence-corrected chi connectivity index (χ0v) is 22.1. The van der Waals surface area contributed by atoms with E-state index in [4.69, 9.17) is 0 Å². The van der Waals surface area contributed by atoms with Crippen LogP contribution < -0.4 is 0 Å². The lowest BCUT2D eigenvalue weighted by atomic mass is 9.77. The summed E-state index contributed by atoms with van der Waals surface area (Å²) in [4.78, 5) is 0. The maximum absolute atomic E-state index is 3.98. The van der Waals surface area contributed by atoms with Crippen molar-refractivity contribution in [2.45, 2.75) is 39.5 Å². The number of allylic oxidation sites excluding steroid dienone is 9. The molecule has 0 N–H and O–H groups in total. The third-order valence-corrected chi connectivity index (χ3v) is 8.62. The lowest BCUT2D eigenvalue weighted by Gasteiger charge is -2.27. The highest BCUT2D eigenvalue weighted by atomic mass is 14.6. The van der Waals surface area contributed by atoms with E-state index in [9.17, 15) is 0 Å². The summed E-state index contributed by atoms with van der Waals surface area (Å²) in [7, 11) is 0. The van der Waals surface area contributed by atoms with Gasteiger partial charge in [0.2, 0.25) is 0 Å². The molecule has 4 aromatic carbocycles. The first-order valence-electron chi connectivity index (χ1n) is 13.8. The van der Waals surface area contributed by atoms with E-state index >= 15 is 0 Å². The number of fused-ring (bicyclic) bond motifs is 6. The summed E-state index contributed by atoms with van der Waals surface area (Å²) in [5.74, 6) is 1.19. The molecule has 0 spiro atoms. The van der Waals surface area contributed by atoms with E-state index in [-0.39, 0.29) is 5.41 Å². The van der Waals surface area contributed by atoms with Crippen molar-refractivity contribution in [3.05, 3.63) is 133 Å². The molecule has 0 aliphatic heterocycles. The highest BCUT2D eigenvalue weighted by Gasteiger charge is 2.55. The molecule has 2 aliphatic rings. The Bertz CT molecular complexity index is 1590. The van der Waals surface area contributed by atoms with Gasteiger partial charge in [-0.05, 0) is 93.3 Å². The first kappa shape index (κ1) is 23.7. The van der Waals surface area contributed by atoms with Gasteiger partial charge >= 0.3 is 0 Å². The van der Waals surface area contributed by atoms with Crippen LogP contribution in [0.15, 0.2) is 127 Å². The van der Waals surface area contributed by atoms with E-state index in [0.717, 1.165) is 19.3 Å². The molecule has 3 atom stereocenters. The monoisotopic (exact) mass is 480 g/mol. The van der Waals surface area contributed by atoms with Crippen LogP contribution in [0.4, 0.5) is 0 Å².